The molecule has 1 saturated heterocycles. The van der Waals surface area contributed by atoms with Crippen molar-refractivity contribution < 1.29 is 14.6 Å². The van der Waals surface area contributed by atoms with Crippen LogP contribution in [0.1, 0.15) is 17.3 Å². The minimum atomic E-state index is -0.288. The van der Waals surface area contributed by atoms with E-state index >= 15 is 0 Å². The van der Waals surface area contributed by atoms with E-state index in [9.17, 15) is 9.90 Å². The van der Waals surface area contributed by atoms with Crippen LogP contribution in [-0.2, 0) is 4.74 Å². The first kappa shape index (κ1) is 14.8. The zero-order chi connectivity index (χ0) is 14.7. The molecular formula is C15H22N2O3. The van der Waals surface area contributed by atoms with Gasteiger partial charge in [0.15, 0.2) is 0 Å². The molecule has 1 aliphatic rings. The van der Waals surface area contributed by atoms with Crippen LogP contribution < -0.4 is 4.90 Å². The van der Waals surface area contributed by atoms with Crippen LogP contribution in [0.4, 0.5) is 5.69 Å². The summed E-state index contributed by atoms with van der Waals surface area (Å²) in [5.74, 6) is -0.0103. The van der Waals surface area contributed by atoms with Gasteiger partial charge in [0.05, 0.1) is 18.8 Å². The van der Waals surface area contributed by atoms with Gasteiger partial charge in [0.25, 0.3) is 5.91 Å². The molecule has 0 bridgehead atoms. The minimum absolute atomic E-state index is 0.0103. The molecule has 20 heavy (non-hydrogen) atoms. The second-order valence-electron chi connectivity index (χ2n) is 5.40. The number of nitrogens with zero attached hydrogens (tertiary/aromatic N) is 2. The van der Waals surface area contributed by atoms with Crippen molar-refractivity contribution >= 4 is 11.6 Å². The highest BCUT2D eigenvalue weighted by Gasteiger charge is 2.28. The first-order chi connectivity index (χ1) is 9.51. The highest BCUT2D eigenvalue weighted by molar-refractivity contribution is 5.94. The Labute approximate surface area is 119 Å². The van der Waals surface area contributed by atoms with E-state index in [4.69, 9.17) is 4.74 Å². The molecule has 2 rings (SSSR count). The largest absolute Gasteiger partial charge is 0.394 e. The Morgan fingerprint density at radius 1 is 1.35 bits per heavy atom. The molecule has 0 aliphatic carbocycles. The van der Waals surface area contributed by atoms with Crippen molar-refractivity contribution in [3.63, 3.8) is 0 Å². The average Bonchev–Trinajstić information content (AvgIpc) is 2.45. The van der Waals surface area contributed by atoms with Gasteiger partial charge in [0, 0.05) is 38.4 Å². The first-order valence-corrected chi connectivity index (χ1v) is 6.84. The van der Waals surface area contributed by atoms with Crippen LogP contribution in [-0.4, -0.2) is 61.9 Å². The van der Waals surface area contributed by atoms with E-state index in [0.29, 0.717) is 18.7 Å². The van der Waals surface area contributed by atoms with E-state index < -0.39 is 0 Å². The monoisotopic (exact) mass is 278 g/mol. The van der Waals surface area contributed by atoms with Gasteiger partial charge in [-0.05, 0) is 31.2 Å². The summed E-state index contributed by atoms with van der Waals surface area (Å²) in [4.78, 5) is 16.2. The second kappa shape index (κ2) is 6.24. The summed E-state index contributed by atoms with van der Waals surface area (Å²) >= 11 is 0. The molecule has 0 spiro atoms. The summed E-state index contributed by atoms with van der Waals surface area (Å²) in [6.07, 6.45) is -0.338. The van der Waals surface area contributed by atoms with E-state index in [1.165, 1.54) is 0 Å². The van der Waals surface area contributed by atoms with Gasteiger partial charge in [0.2, 0.25) is 0 Å². The Bertz CT molecular complexity index is 459. The molecule has 5 nitrogen and oxygen atoms in total. The SMILES string of the molecule is CC1CN(C(=O)c2ccc(N(C)C)cc2)CC(CO)O1. The number of amides is 1. The zero-order valence-corrected chi connectivity index (χ0v) is 12.2. The molecule has 0 radical (unpaired) electrons. The lowest BCUT2D eigenvalue weighted by Gasteiger charge is -2.36. The fraction of sp³-hybridized carbons (Fsp3) is 0.533. The van der Waals surface area contributed by atoms with Crippen molar-refractivity contribution in [3.8, 4) is 0 Å². The summed E-state index contributed by atoms with van der Waals surface area (Å²) in [5.41, 5.74) is 1.73. The lowest BCUT2D eigenvalue weighted by Crippen LogP contribution is -2.50. The maximum absolute atomic E-state index is 12.5. The maximum Gasteiger partial charge on any atom is 0.254 e. The van der Waals surface area contributed by atoms with Crippen molar-refractivity contribution in [2.75, 3.05) is 38.7 Å². The predicted molar refractivity (Wildman–Crippen MR) is 78.1 cm³/mol. The highest BCUT2D eigenvalue weighted by atomic mass is 16.5. The van der Waals surface area contributed by atoms with Crippen molar-refractivity contribution in [1.82, 2.24) is 4.90 Å². The Hall–Kier alpha value is -1.59. The highest BCUT2D eigenvalue weighted by Crippen LogP contribution is 2.17. The van der Waals surface area contributed by atoms with E-state index in [2.05, 4.69) is 0 Å². The normalized spacial score (nSPS) is 22.7. The number of benzene rings is 1. The molecule has 2 unspecified atom stereocenters. The van der Waals surface area contributed by atoms with Crippen molar-refractivity contribution in [1.29, 1.82) is 0 Å². The topological polar surface area (TPSA) is 53.0 Å². The van der Waals surface area contributed by atoms with E-state index in [-0.39, 0.29) is 24.7 Å². The molecule has 0 aromatic heterocycles. The van der Waals surface area contributed by atoms with Crippen LogP contribution in [0.2, 0.25) is 0 Å². The van der Waals surface area contributed by atoms with Crippen LogP contribution in [0.15, 0.2) is 24.3 Å². The maximum atomic E-state index is 12.5. The van der Waals surface area contributed by atoms with Gasteiger partial charge < -0.3 is 19.6 Å². The summed E-state index contributed by atoms with van der Waals surface area (Å²) in [5, 5.41) is 9.21. The smallest absolute Gasteiger partial charge is 0.254 e. The van der Waals surface area contributed by atoms with Crippen LogP contribution in [0.25, 0.3) is 0 Å². The molecule has 5 heteroatoms. The third-order valence-electron chi connectivity index (χ3n) is 3.45. The van der Waals surface area contributed by atoms with Gasteiger partial charge >= 0.3 is 0 Å². The zero-order valence-electron chi connectivity index (χ0n) is 12.2. The second-order valence-corrected chi connectivity index (χ2v) is 5.40. The molecule has 1 aliphatic heterocycles. The summed E-state index contributed by atoms with van der Waals surface area (Å²) in [7, 11) is 3.93. The van der Waals surface area contributed by atoms with E-state index in [0.717, 1.165) is 5.69 Å². The lowest BCUT2D eigenvalue weighted by molar-refractivity contribution is -0.0858. The van der Waals surface area contributed by atoms with Crippen LogP contribution >= 0.6 is 0 Å². The number of hydrogen-bond donors (Lipinski definition) is 1. The van der Waals surface area contributed by atoms with Crippen LogP contribution in [0, 0.1) is 0 Å². The number of carbonyl (C=O) groups is 1. The van der Waals surface area contributed by atoms with Crippen LogP contribution in [0.5, 0.6) is 0 Å². The lowest BCUT2D eigenvalue weighted by atomic mass is 10.1. The van der Waals surface area contributed by atoms with Gasteiger partial charge in [-0.25, -0.2) is 0 Å². The predicted octanol–water partition coefficient (Wildman–Crippen LogP) is 0.974. The van der Waals surface area contributed by atoms with Gasteiger partial charge in [-0.1, -0.05) is 0 Å². The Morgan fingerprint density at radius 2 is 2.00 bits per heavy atom. The number of aliphatic hydroxyl groups excluding tert-OH is 1. The van der Waals surface area contributed by atoms with E-state index in [1.54, 1.807) is 4.90 Å². The van der Waals surface area contributed by atoms with Gasteiger partial charge in [0.1, 0.15) is 0 Å². The number of hydrogen-bond acceptors (Lipinski definition) is 4. The average molecular weight is 278 g/mol. The van der Waals surface area contributed by atoms with Crippen molar-refractivity contribution in [2.24, 2.45) is 0 Å². The molecule has 1 aromatic rings. The molecular weight excluding hydrogens is 256 g/mol. The number of ether oxygens (including phenoxy) is 1. The van der Waals surface area contributed by atoms with Crippen molar-refractivity contribution in [2.45, 2.75) is 19.1 Å². The summed E-state index contributed by atoms with van der Waals surface area (Å²) in [6.45, 7) is 2.85. The molecule has 1 heterocycles. The molecule has 1 aromatic carbocycles. The fourth-order valence-corrected chi connectivity index (χ4v) is 2.40. The first-order valence-electron chi connectivity index (χ1n) is 6.84. The Kier molecular flexibility index (Phi) is 4.62. The summed E-state index contributed by atoms with van der Waals surface area (Å²) < 4.78 is 5.55. The number of morpholine rings is 1. The van der Waals surface area contributed by atoms with E-state index in [1.807, 2.05) is 50.2 Å². The quantitative estimate of drug-likeness (QED) is 0.895. The van der Waals surface area contributed by atoms with Crippen molar-refractivity contribution in [3.05, 3.63) is 29.8 Å². The molecule has 0 saturated carbocycles. The fourth-order valence-electron chi connectivity index (χ4n) is 2.40. The Balaban J connectivity index is 2.10. The van der Waals surface area contributed by atoms with Crippen LogP contribution in [0.3, 0.4) is 0 Å². The third kappa shape index (κ3) is 3.29. The number of anilines is 1. The van der Waals surface area contributed by atoms with Gasteiger partial charge in [-0.2, -0.15) is 0 Å². The standard InChI is InChI=1S/C15H22N2O3/c1-11-8-17(9-14(10-18)20-11)15(19)12-4-6-13(7-5-12)16(2)3/h4-7,11,14,18H,8-10H2,1-3H3. The summed E-state index contributed by atoms with van der Waals surface area (Å²) in [6, 6.07) is 7.54. The molecule has 1 fully saturated rings. The number of rotatable bonds is 3. The Morgan fingerprint density at radius 3 is 2.55 bits per heavy atom. The number of aliphatic hydroxyl groups is 1. The molecule has 1 N–H and O–H groups in total. The molecule has 2 atom stereocenters. The van der Waals surface area contributed by atoms with Gasteiger partial charge in [-0.3, -0.25) is 4.79 Å². The molecule has 110 valence electrons. The number of carbonyl (C=O) groups excluding carboxylic acids is 1. The molecule has 1 amide bonds. The van der Waals surface area contributed by atoms with Gasteiger partial charge in [-0.15, -0.1) is 0 Å². The third-order valence-corrected chi connectivity index (χ3v) is 3.45. The minimum Gasteiger partial charge on any atom is -0.394 e.